The molecule has 1 aliphatic rings. The van der Waals surface area contributed by atoms with Crippen molar-refractivity contribution < 1.29 is 4.74 Å². The van der Waals surface area contributed by atoms with Gasteiger partial charge >= 0.3 is 0 Å². The Morgan fingerprint density at radius 2 is 2.30 bits per heavy atom. The Bertz CT molecular complexity index is 110. The van der Waals surface area contributed by atoms with Crippen molar-refractivity contribution in [2.45, 2.75) is 24.4 Å². The maximum atomic E-state index is 5.59. The SMILES string of the molecule is CNC1CC(C)CO[CH]1[AlH2]. The van der Waals surface area contributed by atoms with Crippen LogP contribution in [-0.2, 0) is 4.74 Å². The number of ether oxygens (including phenoxy) is 1. The van der Waals surface area contributed by atoms with Crippen LogP contribution in [0, 0.1) is 5.92 Å². The Balaban J connectivity index is 2.38. The lowest BCUT2D eigenvalue weighted by Gasteiger charge is -2.33. The van der Waals surface area contributed by atoms with Crippen molar-refractivity contribution in [3.63, 3.8) is 0 Å². The molecular weight excluding hydrogens is 141 g/mol. The first-order chi connectivity index (χ1) is 4.74. The van der Waals surface area contributed by atoms with Gasteiger partial charge in [0.25, 0.3) is 16.3 Å². The van der Waals surface area contributed by atoms with Gasteiger partial charge in [-0.2, -0.15) is 0 Å². The van der Waals surface area contributed by atoms with E-state index in [2.05, 4.69) is 12.2 Å². The molecule has 10 heavy (non-hydrogen) atoms. The van der Waals surface area contributed by atoms with E-state index in [1.165, 1.54) is 6.42 Å². The zero-order valence-electron chi connectivity index (χ0n) is 7.05. The second-order valence-electron chi connectivity index (χ2n) is 3.27. The van der Waals surface area contributed by atoms with Crippen LogP contribution >= 0.6 is 0 Å². The molecule has 1 rings (SSSR count). The van der Waals surface area contributed by atoms with Gasteiger partial charge in [-0.25, -0.2) is 0 Å². The first-order valence-electron chi connectivity index (χ1n) is 4.03. The van der Waals surface area contributed by atoms with Crippen LogP contribution in [0.25, 0.3) is 0 Å². The van der Waals surface area contributed by atoms with Crippen molar-refractivity contribution >= 4 is 16.3 Å². The summed E-state index contributed by atoms with van der Waals surface area (Å²) in [6.45, 7) is 3.21. The minimum atomic E-state index is 0.529. The molecule has 1 N–H and O–H groups in total. The molecule has 0 spiro atoms. The fraction of sp³-hybridized carbons (Fsp3) is 1.00. The highest BCUT2D eigenvalue weighted by atomic mass is 27.0. The van der Waals surface area contributed by atoms with Crippen LogP contribution < -0.4 is 5.32 Å². The molecule has 0 aromatic carbocycles. The summed E-state index contributed by atoms with van der Waals surface area (Å²) in [6.07, 6.45) is 1.28. The fourth-order valence-electron chi connectivity index (χ4n) is 1.48. The van der Waals surface area contributed by atoms with Gasteiger partial charge in [-0.15, -0.1) is 0 Å². The Morgan fingerprint density at radius 3 is 2.80 bits per heavy atom. The average molecular weight is 157 g/mol. The molecule has 3 atom stereocenters. The Labute approximate surface area is 70.7 Å². The van der Waals surface area contributed by atoms with Gasteiger partial charge in [0.15, 0.2) is 0 Å². The van der Waals surface area contributed by atoms with Gasteiger partial charge in [0.1, 0.15) is 0 Å². The minimum absolute atomic E-state index is 0.529. The van der Waals surface area contributed by atoms with Gasteiger partial charge in [0, 0.05) is 17.6 Å². The summed E-state index contributed by atoms with van der Waals surface area (Å²) in [4.78, 5) is 0.529. The van der Waals surface area contributed by atoms with Crippen LogP contribution in [0.2, 0.25) is 0 Å². The van der Waals surface area contributed by atoms with E-state index in [1.54, 1.807) is 0 Å². The molecule has 1 fully saturated rings. The topological polar surface area (TPSA) is 21.3 Å². The minimum Gasteiger partial charge on any atom is -0.392 e. The van der Waals surface area contributed by atoms with Crippen LogP contribution in [0.5, 0.6) is 0 Å². The van der Waals surface area contributed by atoms with Crippen LogP contribution in [-0.4, -0.2) is 41.0 Å². The molecule has 3 heteroatoms. The van der Waals surface area contributed by atoms with E-state index in [9.17, 15) is 0 Å². The molecule has 0 amide bonds. The Hall–Kier alpha value is 0.452. The average Bonchev–Trinajstić information content (AvgIpc) is 1.94. The monoisotopic (exact) mass is 157 g/mol. The summed E-state index contributed by atoms with van der Waals surface area (Å²) in [7, 11) is 2.02. The maximum Gasteiger partial charge on any atom is 0.261 e. The van der Waals surface area contributed by atoms with Crippen molar-refractivity contribution in [1.29, 1.82) is 0 Å². The molecule has 1 heterocycles. The molecule has 58 valence electrons. The first-order valence-corrected chi connectivity index (χ1v) is 5.18. The highest BCUT2D eigenvalue weighted by Gasteiger charge is 2.23. The number of likely N-dealkylation sites (N-methyl/N-ethyl adjacent to an activating group) is 1. The summed E-state index contributed by atoms with van der Waals surface area (Å²) in [5.74, 6) is 0.739. The van der Waals surface area contributed by atoms with Gasteiger partial charge in [-0.3, -0.25) is 0 Å². The van der Waals surface area contributed by atoms with E-state index in [0.29, 0.717) is 11.0 Å². The molecule has 0 radical (unpaired) electrons. The van der Waals surface area contributed by atoms with Crippen molar-refractivity contribution in [2.24, 2.45) is 5.92 Å². The molecule has 0 aromatic heterocycles. The third-order valence-corrected chi connectivity index (χ3v) is 3.38. The van der Waals surface area contributed by atoms with Gasteiger partial charge < -0.3 is 10.1 Å². The van der Waals surface area contributed by atoms with E-state index >= 15 is 0 Å². The quantitative estimate of drug-likeness (QED) is 0.522. The molecule has 0 aliphatic carbocycles. The van der Waals surface area contributed by atoms with Crippen LogP contribution in [0.3, 0.4) is 0 Å². The molecule has 1 saturated heterocycles. The van der Waals surface area contributed by atoms with E-state index < -0.39 is 0 Å². The first kappa shape index (κ1) is 8.55. The molecule has 0 aromatic rings. The van der Waals surface area contributed by atoms with Gasteiger partial charge in [0.05, 0.1) is 0 Å². The molecule has 1 aliphatic heterocycles. The highest BCUT2D eigenvalue weighted by Crippen LogP contribution is 2.16. The van der Waals surface area contributed by atoms with Crippen molar-refractivity contribution in [3.05, 3.63) is 0 Å². The number of hydrogen-bond acceptors (Lipinski definition) is 2. The van der Waals surface area contributed by atoms with E-state index in [-0.39, 0.29) is 0 Å². The predicted octanol–water partition coefficient (Wildman–Crippen LogP) is -0.410. The van der Waals surface area contributed by atoms with E-state index in [1.807, 2.05) is 7.05 Å². The lowest BCUT2D eigenvalue weighted by Crippen LogP contribution is -2.45. The fourth-order valence-corrected chi connectivity index (χ4v) is 2.28. The number of nitrogens with one attached hydrogen (secondary N) is 1. The van der Waals surface area contributed by atoms with Crippen LogP contribution in [0.4, 0.5) is 0 Å². The standard InChI is InChI=1S/C7H14NO.Al.2H/c1-6-3-7(8-2)5-9-4-6;;;/h5-8H,3-4H2,1-2H3;;;. The molecule has 0 bridgehead atoms. The highest BCUT2D eigenvalue weighted by molar-refractivity contribution is 6.11. The number of hydrogen-bond donors (Lipinski definition) is 1. The van der Waals surface area contributed by atoms with Gasteiger partial charge in [0.2, 0.25) is 0 Å². The predicted molar refractivity (Wildman–Crippen MR) is 44.9 cm³/mol. The van der Waals surface area contributed by atoms with Crippen molar-refractivity contribution in [3.8, 4) is 0 Å². The lowest BCUT2D eigenvalue weighted by atomic mass is 10.0. The molecule has 3 unspecified atom stereocenters. The normalized spacial score (nSPS) is 41.6. The zero-order chi connectivity index (χ0) is 7.56. The third-order valence-electron chi connectivity index (χ3n) is 2.24. The molecule has 0 saturated carbocycles. The van der Waals surface area contributed by atoms with Crippen LogP contribution in [0.15, 0.2) is 0 Å². The summed E-state index contributed by atoms with van der Waals surface area (Å²) >= 11 is 1.15. The Morgan fingerprint density at radius 1 is 1.60 bits per heavy atom. The largest absolute Gasteiger partial charge is 0.392 e. The number of rotatable bonds is 1. The van der Waals surface area contributed by atoms with Crippen molar-refractivity contribution in [2.75, 3.05) is 13.7 Å². The second-order valence-corrected chi connectivity index (χ2v) is 4.41. The van der Waals surface area contributed by atoms with Crippen molar-refractivity contribution in [1.82, 2.24) is 5.32 Å². The summed E-state index contributed by atoms with van der Waals surface area (Å²) in [6, 6.07) is 0.621. The third kappa shape index (κ3) is 1.97. The zero-order valence-corrected chi connectivity index (χ0v) is 9.05. The second kappa shape index (κ2) is 3.73. The van der Waals surface area contributed by atoms with E-state index in [4.69, 9.17) is 4.74 Å². The lowest BCUT2D eigenvalue weighted by molar-refractivity contribution is 0.0126. The summed E-state index contributed by atoms with van der Waals surface area (Å²) in [5.41, 5.74) is 0. The smallest absolute Gasteiger partial charge is 0.261 e. The van der Waals surface area contributed by atoms with Gasteiger partial charge in [-0.1, -0.05) is 6.92 Å². The summed E-state index contributed by atoms with van der Waals surface area (Å²) in [5, 5.41) is 3.29. The molecule has 2 nitrogen and oxygen atoms in total. The van der Waals surface area contributed by atoms with Crippen LogP contribution in [0.1, 0.15) is 13.3 Å². The Kier molecular flexibility index (Phi) is 3.19. The molecular formula is C7H16AlNO. The maximum absolute atomic E-state index is 5.59. The van der Waals surface area contributed by atoms with Gasteiger partial charge in [-0.05, 0) is 19.4 Å². The summed E-state index contributed by atoms with van der Waals surface area (Å²) < 4.78 is 5.59. The van der Waals surface area contributed by atoms with E-state index in [0.717, 1.165) is 28.8 Å².